The van der Waals surface area contributed by atoms with E-state index in [1.807, 2.05) is 18.2 Å². The van der Waals surface area contributed by atoms with Crippen LogP contribution in [0.15, 0.2) is 30.6 Å². The van der Waals surface area contributed by atoms with Gasteiger partial charge in [-0.3, -0.25) is 15.0 Å². The number of carbonyl (C=O) groups excluding carboxylic acids is 1. The molecule has 4 rings (SSSR count). The van der Waals surface area contributed by atoms with Crippen LogP contribution >= 0.6 is 0 Å². The first-order chi connectivity index (χ1) is 9.81. The molecule has 1 aliphatic carbocycles. The topological polar surface area (TPSA) is 86.5 Å². The van der Waals surface area contributed by atoms with E-state index in [9.17, 15) is 4.79 Å². The highest BCUT2D eigenvalue weighted by Gasteiger charge is 2.29. The molecular formula is C14H13N5O. The zero-order valence-electron chi connectivity index (χ0n) is 10.7. The Balaban J connectivity index is 1.60. The fourth-order valence-corrected chi connectivity index (χ4v) is 2.38. The maximum atomic E-state index is 12.3. The summed E-state index contributed by atoms with van der Waals surface area (Å²) in [5, 5.41) is 17.6. The third-order valence-corrected chi connectivity index (χ3v) is 3.60. The van der Waals surface area contributed by atoms with Crippen molar-refractivity contribution in [3.05, 3.63) is 41.9 Å². The van der Waals surface area contributed by atoms with E-state index in [2.05, 4.69) is 25.7 Å². The molecular weight excluding hydrogens is 254 g/mol. The summed E-state index contributed by atoms with van der Waals surface area (Å²) in [6.07, 6.45) is 5.59. The first kappa shape index (κ1) is 11.2. The minimum atomic E-state index is -0.122. The SMILES string of the molecule is O=C(Nc1ccc2[nH]ncc2c1)c1cn[nH]c1C1CC1. The average molecular weight is 267 g/mol. The molecule has 1 fully saturated rings. The van der Waals surface area contributed by atoms with E-state index >= 15 is 0 Å². The van der Waals surface area contributed by atoms with Crippen molar-refractivity contribution in [3.63, 3.8) is 0 Å². The van der Waals surface area contributed by atoms with Crippen LogP contribution in [0.3, 0.4) is 0 Å². The zero-order valence-corrected chi connectivity index (χ0v) is 10.7. The minimum Gasteiger partial charge on any atom is -0.322 e. The largest absolute Gasteiger partial charge is 0.322 e. The number of carbonyl (C=O) groups is 1. The second-order valence-corrected chi connectivity index (χ2v) is 5.10. The van der Waals surface area contributed by atoms with Gasteiger partial charge in [-0.25, -0.2) is 0 Å². The van der Waals surface area contributed by atoms with Crippen LogP contribution in [0.2, 0.25) is 0 Å². The molecule has 0 saturated heterocycles. The number of aromatic nitrogens is 4. The Morgan fingerprint density at radius 2 is 2.05 bits per heavy atom. The van der Waals surface area contributed by atoms with Crippen LogP contribution in [0.4, 0.5) is 5.69 Å². The van der Waals surface area contributed by atoms with Crippen LogP contribution in [0.25, 0.3) is 10.9 Å². The number of hydrogen-bond donors (Lipinski definition) is 3. The van der Waals surface area contributed by atoms with E-state index in [1.54, 1.807) is 12.4 Å². The number of amides is 1. The molecule has 0 spiro atoms. The highest BCUT2D eigenvalue weighted by atomic mass is 16.1. The quantitative estimate of drug-likeness (QED) is 0.681. The number of anilines is 1. The molecule has 3 N–H and O–H groups in total. The highest BCUT2D eigenvalue weighted by Crippen LogP contribution is 2.40. The Bertz CT molecular complexity index is 784. The lowest BCUT2D eigenvalue weighted by atomic mass is 10.1. The summed E-state index contributed by atoms with van der Waals surface area (Å²) in [7, 11) is 0. The lowest BCUT2D eigenvalue weighted by Crippen LogP contribution is -2.12. The molecule has 2 heterocycles. The van der Waals surface area contributed by atoms with Gasteiger partial charge in [0, 0.05) is 17.0 Å². The van der Waals surface area contributed by atoms with E-state index in [4.69, 9.17) is 0 Å². The van der Waals surface area contributed by atoms with E-state index in [0.717, 1.165) is 35.1 Å². The van der Waals surface area contributed by atoms with Gasteiger partial charge in [0.2, 0.25) is 0 Å². The summed E-state index contributed by atoms with van der Waals surface area (Å²) in [5.74, 6) is 0.345. The van der Waals surface area contributed by atoms with Crippen LogP contribution < -0.4 is 5.32 Å². The van der Waals surface area contributed by atoms with Gasteiger partial charge in [-0.15, -0.1) is 0 Å². The van der Waals surface area contributed by atoms with Gasteiger partial charge in [0.15, 0.2) is 0 Å². The molecule has 0 unspecified atom stereocenters. The molecule has 1 amide bonds. The number of nitrogens with one attached hydrogen (secondary N) is 3. The first-order valence-electron chi connectivity index (χ1n) is 6.59. The van der Waals surface area contributed by atoms with Crippen molar-refractivity contribution in [1.29, 1.82) is 0 Å². The minimum absolute atomic E-state index is 0.122. The molecule has 0 bridgehead atoms. The van der Waals surface area contributed by atoms with E-state index in [-0.39, 0.29) is 5.91 Å². The van der Waals surface area contributed by atoms with Crippen molar-refractivity contribution in [2.24, 2.45) is 0 Å². The smallest absolute Gasteiger partial charge is 0.259 e. The average Bonchev–Trinajstić information content (AvgIpc) is 3.01. The number of hydrogen-bond acceptors (Lipinski definition) is 3. The maximum Gasteiger partial charge on any atom is 0.259 e. The summed E-state index contributed by atoms with van der Waals surface area (Å²) in [4.78, 5) is 12.3. The summed E-state index contributed by atoms with van der Waals surface area (Å²) in [6, 6.07) is 5.65. The van der Waals surface area contributed by atoms with Crippen molar-refractivity contribution in [2.45, 2.75) is 18.8 Å². The number of aromatic amines is 2. The molecule has 1 saturated carbocycles. The standard InChI is InChI=1S/C14H13N5O/c20-14(11-7-16-19-13(11)8-1-2-8)17-10-3-4-12-9(5-10)6-15-18-12/h3-8H,1-2H2,(H,15,18)(H,16,19)(H,17,20). The second kappa shape index (κ2) is 4.19. The van der Waals surface area contributed by atoms with Crippen LogP contribution in [0, 0.1) is 0 Å². The Kier molecular flexibility index (Phi) is 2.35. The summed E-state index contributed by atoms with van der Waals surface area (Å²) in [6.45, 7) is 0. The molecule has 6 nitrogen and oxygen atoms in total. The fourth-order valence-electron chi connectivity index (χ4n) is 2.38. The predicted molar refractivity (Wildman–Crippen MR) is 74.6 cm³/mol. The van der Waals surface area contributed by atoms with Crippen molar-refractivity contribution < 1.29 is 4.79 Å². The van der Waals surface area contributed by atoms with Gasteiger partial charge >= 0.3 is 0 Å². The molecule has 0 radical (unpaired) electrons. The van der Waals surface area contributed by atoms with E-state index in [0.29, 0.717) is 11.5 Å². The monoisotopic (exact) mass is 267 g/mol. The Labute approximate surface area is 114 Å². The van der Waals surface area contributed by atoms with Crippen LogP contribution in [0.5, 0.6) is 0 Å². The molecule has 0 aliphatic heterocycles. The van der Waals surface area contributed by atoms with Gasteiger partial charge in [-0.05, 0) is 31.0 Å². The molecule has 6 heteroatoms. The zero-order chi connectivity index (χ0) is 13.5. The molecule has 2 aromatic heterocycles. The normalized spacial score (nSPS) is 14.6. The van der Waals surface area contributed by atoms with Crippen LogP contribution in [-0.4, -0.2) is 26.3 Å². The lowest BCUT2D eigenvalue weighted by Gasteiger charge is -2.05. The Morgan fingerprint density at radius 3 is 2.90 bits per heavy atom. The van der Waals surface area contributed by atoms with Crippen LogP contribution in [0.1, 0.15) is 34.8 Å². The van der Waals surface area contributed by atoms with E-state index < -0.39 is 0 Å². The van der Waals surface area contributed by atoms with Crippen molar-refractivity contribution >= 4 is 22.5 Å². The Morgan fingerprint density at radius 1 is 1.20 bits per heavy atom. The van der Waals surface area contributed by atoms with Gasteiger partial charge in [0.25, 0.3) is 5.91 Å². The summed E-state index contributed by atoms with van der Waals surface area (Å²) < 4.78 is 0. The lowest BCUT2D eigenvalue weighted by molar-refractivity contribution is 0.102. The Hall–Kier alpha value is -2.63. The number of fused-ring (bicyclic) bond motifs is 1. The number of H-pyrrole nitrogens is 2. The number of nitrogens with zero attached hydrogens (tertiary/aromatic N) is 2. The molecule has 1 aliphatic rings. The predicted octanol–water partition coefficient (Wildman–Crippen LogP) is 2.42. The molecule has 20 heavy (non-hydrogen) atoms. The number of rotatable bonds is 3. The van der Waals surface area contributed by atoms with Gasteiger partial charge in [0.1, 0.15) is 0 Å². The molecule has 100 valence electrons. The first-order valence-corrected chi connectivity index (χ1v) is 6.59. The fraction of sp³-hybridized carbons (Fsp3) is 0.214. The van der Waals surface area contributed by atoms with E-state index in [1.165, 1.54) is 0 Å². The second-order valence-electron chi connectivity index (χ2n) is 5.10. The van der Waals surface area contributed by atoms with Gasteiger partial charge in [-0.1, -0.05) is 0 Å². The summed E-state index contributed by atoms with van der Waals surface area (Å²) >= 11 is 0. The number of benzene rings is 1. The summed E-state index contributed by atoms with van der Waals surface area (Å²) in [5.41, 5.74) is 3.29. The van der Waals surface area contributed by atoms with Gasteiger partial charge in [0.05, 0.1) is 29.2 Å². The van der Waals surface area contributed by atoms with Crippen molar-refractivity contribution in [2.75, 3.05) is 5.32 Å². The van der Waals surface area contributed by atoms with Crippen LogP contribution in [-0.2, 0) is 0 Å². The van der Waals surface area contributed by atoms with Crippen molar-refractivity contribution in [3.8, 4) is 0 Å². The molecule has 3 aromatic rings. The van der Waals surface area contributed by atoms with Gasteiger partial charge < -0.3 is 5.32 Å². The molecule has 0 atom stereocenters. The third-order valence-electron chi connectivity index (χ3n) is 3.60. The van der Waals surface area contributed by atoms with Crippen molar-refractivity contribution in [1.82, 2.24) is 20.4 Å². The van der Waals surface area contributed by atoms with Gasteiger partial charge in [-0.2, -0.15) is 10.2 Å². The highest BCUT2D eigenvalue weighted by molar-refractivity contribution is 6.05. The third kappa shape index (κ3) is 1.85. The molecule has 1 aromatic carbocycles. The maximum absolute atomic E-state index is 12.3.